The van der Waals surface area contributed by atoms with Crippen LogP contribution in [-0.2, 0) is 15.3 Å². The van der Waals surface area contributed by atoms with E-state index in [9.17, 15) is 8.42 Å². The van der Waals surface area contributed by atoms with Crippen molar-refractivity contribution >= 4 is 20.7 Å². The Labute approximate surface area is 102 Å². The minimum Gasteiger partial charge on any atom is -0.358 e. The lowest BCUT2D eigenvalue weighted by molar-refractivity contribution is 0.574. The molecular weight excluding hydrogens is 234 g/mol. The molecule has 1 N–H and O–H groups in total. The van der Waals surface area contributed by atoms with Crippen LogP contribution in [-0.4, -0.2) is 19.7 Å². The largest absolute Gasteiger partial charge is 0.358 e. The first-order valence-corrected chi connectivity index (χ1v) is 7.40. The number of rotatable bonds is 1. The van der Waals surface area contributed by atoms with Crippen molar-refractivity contribution in [2.45, 2.75) is 31.1 Å². The Morgan fingerprint density at radius 2 is 1.76 bits per heavy atom. The summed E-state index contributed by atoms with van der Waals surface area (Å²) in [6, 6.07) is 7.20. The fourth-order valence-electron chi connectivity index (χ4n) is 1.75. The molecule has 4 heteroatoms. The van der Waals surface area contributed by atoms with Crippen molar-refractivity contribution in [3.63, 3.8) is 0 Å². The molecule has 0 saturated heterocycles. The van der Waals surface area contributed by atoms with Crippen LogP contribution in [0.5, 0.6) is 0 Å². The minimum absolute atomic E-state index is 0.0320. The van der Waals surface area contributed by atoms with E-state index in [1.807, 2.05) is 12.1 Å². The monoisotopic (exact) mass is 251 g/mol. The topological polar surface area (TPSA) is 49.9 Å². The molecule has 0 radical (unpaired) electrons. The standard InChI is InChI=1S/C13H17NO2S/c1-13(2,3)12-8-9-7-10(17(4,15)16)5-6-11(9)14-12/h5-8,14H,1-4H3. The number of hydrogen-bond donors (Lipinski definition) is 1. The third kappa shape index (κ3) is 2.36. The molecule has 0 aliphatic carbocycles. The van der Waals surface area contributed by atoms with Crippen molar-refractivity contribution in [1.29, 1.82) is 0 Å². The first-order valence-electron chi connectivity index (χ1n) is 5.51. The summed E-state index contributed by atoms with van der Waals surface area (Å²) >= 11 is 0. The van der Waals surface area contributed by atoms with Gasteiger partial charge in [0.15, 0.2) is 9.84 Å². The van der Waals surface area contributed by atoms with Crippen LogP contribution in [0.4, 0.5) is 0 Å². The molecule has 0 aliphatic heterocycles. The lowest BCUT2D eigenvalue weighted by Crippen LogP contribution is -2.10. The van der Waals surface area contributed by atoms with E-state index in [4.69, 9.17) is 0 Å². The zero-order valence-electron chi connectivity index (χ0n) is 10.5. The average Bonchev–Trinajstić information content (AvgIpc) is 2.57. The van der Waals surface area contributed by atoms with E-state index < -0.39 is 9.84 Å². The predicted molar refractivity (Wildman–Crippen MR) is 70.1 cm³/mol. The molecule has 0 saturated carbocycles. The molecule has 17 heavy (non-hydrogen) atoms. The summed E-state index contributed by atoms with van der Waals surface area (Å²) in [5, 5.41) is 0.942. The third-order valence-corrected chi connectivity index (χ3v) is 3.94. The lowest BCUT2D eigenvalue weighted by atomic mass is 9.92. The third-order valence-electron chi connectivity index (χ3n) is 2.83. The number of sulfone groups is 1. The lowest BCUT2D eigenvalue weighted by Gasteiger charge is -2.15. The van der Waals surface area contributed by atoms with Gasteiger partial charge in [-0.15, -0.1) is 0 Å². The molecule has 0 atom stereocenters. The molecule has 2 aromatic rings. The summed E-state index contributed by atoms with van der Waals surface area (Å²) in [5.74, 6) is 0. The Morgan fingerprint density at radius 1 is 1.12 bits per heavy atom. The van der Waals surface area contributed by atoms with Crippen LogP contribution in [0.15, 0.2) is 29.2 Å². The number of aromatic nitrogens is 1. The quantitative estimate of drug-likeness (QED) is 0.847. The number of H-pyrrole nitrogens is 1. The normalized spacial score (nSPS) is 13.2. The van der Waals surface area contributed by atoms with Gasteiger partial charge in [0.25, 0.3) is 0 Å². The number of nitrogens with one attached hydrogen (secondary N) is 1. The van der Waals surface area contributed by atoms with Crippen LogP contribution in [0.1, 0.15) is 26.5 Å². The van der Waals surface area contributed by atoms with Crippen LogP contribution in [0.25, 0.3) is 10.9 Å². The molecule has 3 nitrogen and oxygen atoms in total. The van der Waals surface area contributed by atoms with Crippen LogP contribution in [0, 0.1) is 0 Å². The molecule has 0 aliphatic rings. The van der Waals surface area contributed by atoms with E-state index in [0.717, 1.165) is 16.6 Å². The highest BCUT2D eigenvalue weighted by molar-refractivity contribution is 7.90. The Hall–Kier alpha value is -1.29. The van der Waals surface area contributed by atoms with E-state index in [1.165, 1.54) is 6.26 Å². The molecular formula is C13H17NO2S. The van der Waals surface area contributed by atoms with E-state index in [2.05, 4.69) is 25.8 Å². The Morgan fingerprint density at radius 3 is 2.29 bits per heavy atom. The zero-order chi connectivity index (χ0) is 12.8. The molecule has 0 unspecified atom stereocenters. The zero-order valence-corrected chi connectivity index (χ0v) is 11.4. The summed E-state index contributed by atoms with van der Waals surface area (Å²) in [6.07, 6.45) is 1.23. The maximum atomic E-state index is 11.5. The fourth-order valence-corrected chi connectivity index (χ4v) is 2.40. The van der Waals surface area contributed by atoms with Crippen LogP contribution in [0.2, 0.25) is 0 Å². The molecule has 2 rings (SSSR count). The van der Waals surface area contributed by atoms with Gasteiger partial charge in [-0.3, -0.25) is 0 Å². The molecule has 1 heterocycles. The van der Waals surface area contributed by atoms with Gasteiger partial charge in [-0.2, -0.15) is 0 Å². The van der Waals surface area contributed by atoms with Gasteiger partial charge in [0, 0.05) is 28.3 Å². The van der Waals surface area contributed by atoms with Gasteiger partial charge in [-0.1, -0.05) is 20.8 Å². The predicted octanol–water partition coefficient (Wildman–Crippen LogP) is 2.87. The van der Waals surface area contributed by atoms with Gasteiger partial charge in [0.1, 0.15) is 0 Å². The van der Waals surface area contributed by atoms with Crippen LogP contribution >= 0.6 is 0 Å². The second-order valence-electron chi connectivity index (χ2n) is 5.45. The second kappa shape index (κ2) is 3.60. The minimum atomic E-state index is -3.13. The van der Waals surface area contributed by atoms with E-state index in [0.29, 0.717) is 4.90 Å². The van der Waals surface area contributed by atoms with Crippen LogP contribution in [0.3, 0.4) is 0 Å². The average molecular weight is 251 g/mol. The molecule has 1 aromatic carbocycles. The Kier molecular flexibility index (Phi) is 2.58. The SMILES string of the molecule is CC(C)(C)c1cc2cc(S(C)(=O)=O)ccc2[nH]1. The van der Waals surface area contributed by atoms with Crippen molar-refractivity contribution in [3.05, 3.63) is 30.0 Å². The van der Waals surface area contributed by atoms with Gasteiger partial charge in [0.2, 0.25) is 0 Å². The molecule has 92 valence electrons. The van der Waals surface area contributed by atoms with Crippen molar-refractivity contribution in [2.75, 3.05) is 6.26 Å². The summed E-state index contributed by atoms with van der Waals surface area (Å²) in [7, 11) is -3.13. The maximum absolute atomic E-state index is 11.5. The molecule has 0 fully saturated rings. The first-order chi connectivity index (χ1) is 7.68. The number of hydrogen-bond acceptors (Lipinski definition) is 2. The summed E-state index contributed by atoms with van der Waals surface area (Å²) < 4.78 is 22.9. The Balaban J connectivity index is 2.64. The summed E-state index contributed by atoms with van der Waals surface area (Å²) in [5.41, 5.74) is 2.12. The molecule has 0 amide bonds. The highest BCUT2D eigenvalue weighted by Crippen LogP contribution is 2.27. The smallest absolute Gasteiger partial charge is 0.175 e. The molecule has 0 bridgehead atoms. The highest BCUT2D eigenvalue weighted by Gasteiger charge is 2.17. The second-order valence-corrected chi connectivity index (χ2v) is 7.47. The molecule has 0 spiro atoms. The van der Waals surface area contributed by atoms with E-state index in [-0.39, 0.29) is 5.41 Å². The van der Waals surface area contributed by atoms with Crippen molar-refractivity contribution in [2.24, 2.45) is 0 Å². The van der Waals surface area contributed by atoms with Gasteiger partial charge >= 0.3 is 0 Å². The Bertz CT molecular complexity index is 660. The number of benzene rings is 1. The van der Waals surface area contributed by atoms with E-state index >= 15 is 0 Å². The summed E-state index contributed by atoms with van der Waals surface area (Å²) in [4.78, 5) is 3.68. The van der Waals surface area contributed by atoms with Gasteiger partial charge in [-0.05, 0) is 24.3 Å². The van der Waals surface area contributed by atoms with Crippen molar-refractivity contribution < 1.29 is 8.42 Å². The molecule has 1 aromatic heterocycles. The van der Waals surface area contributed by atoms with Crippen molar-refractivity contribution in [1.82, 2.24) is 4.98 Å². The summed E-state index contributed by atoms with van der Waals surface area (Å²) in [6.45, 7) is 6.36. The number of fused-ring (bicyclic) bond motifs is 1. The van der Waals surface area contributed by atoms with Crippen LogP contribution < -0.4 is 0 Å². The van der Waals surface area contributed by atoms with Gasteiger partial charge < -0.3 is 4.98 Å². The van der Waals surface area contributed by atoms with Gasteiger partial charge in [-0.25, -0.2) is 8.42 Å². The highest BCUT2D eigenvalue weighted by atomic mass is 32.2. The van der Waals surface area contributed by atoms with Crippen molar-refractivity contribution in [3.8, 4) is 0 Å². The maximum Gasteiger partial charge on any atom is 0.175 e. The fraction of sp³-hybridized carbons (Fsp3) is 0.385. The van der Waals surface area contributed by atoms with E-state index in [1.54, 1.807) is 12.1 Å². The first kappa shape index (κ1) is 12.2. The van der Waals surface area contributed by atoms with Gasteiger partial charge in [0.05, 0.1) is 4.90 Å². The number of aromatic amines is 1.